The van der Waals surface area contributed by atoms with Crippen LogP contribution < -0.4 is 5.73 Å². The van der Waals surface area contributed by atoms with Gasteiger partial charge in [-0.2, -0.15) is 0 Å². The summed E-state index contributed by atoms with van der Waals surface area (Å²) in [6.07, 6.45) is 1.81. The molecular weight excluding hydrogens is 298 g/mol. The maximum atomic E-state index is 5.60. The van der Waals surface area contributed by atoms with Gasteiger partial charge >= 0.3 is 0 Å². The minimum atomic E-state index is 0.399. The van der Waals surface area contributed by atoms with Crippen molar-refractivity contribution in [3.8, 4) is 5.69 Å². The molecule has 0 saturated carbocycles. The van der Waals surface area contributed by atoms with Crippen molar-refractivity contribution in [2.75, 3.05) is 0 Å². The molecule has 1 heterocycles. The van der Waals surface area contributed by atoms with E-state index >= 15 is 0 Å². The Morgan fingerprint density at radius 3 is 2.59 bits per heavy atom. The van der Waals surface area contributed by atoms with Gasteiger partial charge in [0.2, 0.25) is 0 Å². The summed E-state index contributed by atoms with van der Waals surface area (Å²) >= 11 is 8.48. The van der Waals surface area contributed by atoms with Crippen LogP contribution in [-0.2, 0) is 0 Å². The van der Waals surface area contributed by atoms with Gasteiger partial charge in [0, 0.05) is 15.7 Å². The van der Waals surface area contributed by atoms with Gasteiger partial charge in [0.05, 0.1) is 17.7 Å². The van der Waals surface area contributed by atoms with Crippen LogP contribution in [0.4, 0.5) is 0 Å². The van der Waals surface area contributed by atoms with Crippen molar-refractivity contribution in [3.63, 3.8) is 0 Å². The van der Waals surface area contributed by atoms with Crippen LogP contribution in [0.3, 0.4) is 0 Å². The molecule has 0 atom stereocenters. The summed E-state index contributed by atoms with van der Waals surface area (Å²) in [6, 6.07) is 5.82. The van der Waals surface area contributed by atoms with Crippen LogP contribution in [-0.4, -0.2) is 14.5 Å². The molecule has 0 unspecified atom stereocenters. The summed E-state index contributed by atoms with van der Waals surface area (Å²) < 4.78 is 2.98. The van der Waals surface area contributed by atoms with Crippen LogP contribution in [0.25, 0.3) is 5.69 Å². The fourth-order valence-corrected chi connectivity index (χ4v) is 2.29. The van der Waals surface area contributed by atoms with Gasteiger partial charge in [0.1, 0.15) is 4.99 Å². The normalized spacial score (nSPS) is 10.5. The highest BCUT2D eigenvalue weighted by molar-refractivity contribution is 9.10. The minimum Gasteiger partial charge on any atom is -0.389 e. The fraction of sp³-hybridized carbons (Fsp3) is 0.167. The number of imidazole rings is 1. The molecule has 0 saturated heterocycles. The molecule has 0 bridgehead atoms. The van der Waals surface area contributed by atoms with Crippen molar-refractivity contribution in [1.29, 1.82) is 0 Å². The zero-order valence-electron chi connectivity index (χ0n) is 9.57. The average Bonchev–Trinajstić information content (AvgIpc) is 2.60. The lowest BCUT2D eigenvalue weighted by molar-refractivity contribution is 0.994. The molecule has 0 spiro atoms. The molecule has 17 heavy (non-hydrogen) atoms. The van der Waals surface area contributed by atoms with E-state index in [0.29, 0.717) is 4.99 Å². The summed E-state index contributed by atoms with van der Waals surface area (Å²) in [4.78, 5) is 4.68. The highest BCUT2D eigenvalue weighted by Gasteiger charge is 2.09. The number of thiocarbonyl (C=S) groups is 1. The van der Waals surface area contributed by atoms with E-state index in [2.05, 4.69) is 20.9 Å². The second-order valence-electron chi connectivity index (χ2n) is 3.82. The van der Waals surface area contributed by atoms with Crippen LogP contribution in [0, 0.1) is 13.8 Å². The van der Waals surface area contributed by atoms with Crippen LogP contribution in [0.15, 0.2) is 29.0 Å². The molecule has 1 aromatic carbocycles. The van der Waals surface area contributed by atoms with Gasteiger partial charge in [-0.15, -0.1) is 0 Å². The third-order valence-corrected chi connectivity index (χ3v) is 3.61. The first-order chi connectivity index (χ1) is 8.00. The third kappa shape index (κ3) is 2.25. The summed E-state index contributed by atoms with van der Waals surface area (Å²) in [5.41, 5.74) is 9.62. The lowest BCUT2D eigenvalue weighted by Crippen LogP contribution is -2.09. The largest absolute Gasteiger partial charge is 0.389 e. The lowest BCUT2D eigenvalue weighted by atomic mass is 10.2. The van der Waals surface area contributed by atoms with E-state index in [1.165, 1.54) is 0 Å². The van der Waals surface area contributed by atoms with Crippen LogP contribution in [0.2, 0.25) is 0 Å². The Morgan fingerprint density at radius 1 is 1.41 bits per heavy atom. The average molecular weight is 310 g/mol. The Labute approximate surface area is 114 Å². The SMILES string of the molecule is Cc1ncn(-c2ccc(C(N)=S)cc2Br)c1C. The molecule has 0 amide bonds. The third-order valence-electron chi connectivity index (χ3n) is 2.74. The molecule has 5 heteroatoms. The second-order valence-corrected chi connectivity index (χ2v) is 5.11. The molecule has 0 aliphatic heterocycles. The van der Waals surface area contributed by atoms with Gasteiger partial charge in [0.15, 0.2) is 0 Å². The number of halogens is 1. The molecular formula is C12H12BrN3S. The van der Waals surface area contributed by atoms with Crippen LogP contribution >= 0.6 is 28.1 Å². The molecule has 0 fully saturated rings. The zero-order chi connectivity index (χ0) is 12.6. The van der Waals surface area contributed by atoms with Crippen molar-refractivity contribution in [1.82, 2.24) is 9.55 Å². The number of aromatic nitrogens is 2. The van der Waals surface area contributed by atoms with Gasteiger partial charge in [-0.3, -0.25) is 0 Å². The van der Waals surface area contributed by atoms with Crippen molar-refractivity contribution in [3.05, 3.63) is 46.0 Å². The Hall–Kier alpha value is -1.20. The molecule has 2 rings (SSSR count). The fourth-order valence-electron chi connectivity index (χ4n) is 1.60. The lowest BCUT2D eigenvalue weighted by Gasteiger charge is -2.09. The van der Waals surface area contributed by atoms with Gasteiger partial charge < -0.3 is 10.3 Å². The smallest absolute Gasteiger partial charge is 0.104 e. The van der Waals surface area contributed by atoms with Gasteiger partial charge in [0.25, 0.3) is 0 Å². The first-order valence-corrected chi connectivity index (χ1v) is 6.31. The molecule has 0 aliphatic carbocycles. The quantitative estimate of drug-likeness (QED) is 0.868. The Bertz CT molecular complexity index is 589. The van der Waals surface area contributed by atoms with E-state index in [1.807, 2.05) is 42.9 Å². The van der Waals surface area contributed by atoms with Gasteiger partial charge in [-0.05, 0) is 48.0 Å². The summed E-state index contributed by atoms with van der Waals surface area (Å²) in [7, 11) is 0. The predicted molar refractivity (Wildman–Crippen MR) is 76.6 cm³/mol. The molecule has 2 aromatic rings. The zero-order valence-corrected chi connectivity index (χ0v) is 12.0. The molecule has 88 valence electrons. The number of benzene rings is 1. The highest BCUT2D eigenvalue weighted by atomic mass is 79.9. The maximum Gasteiger partial charge on any atom is 0.104 e. The second kappa shape index (κ2) is 4.58. The highest BCUT2D eigenvalue weighted by Crippen LogP contribution is 2.24. The number of aryl methyl sites for hydroxylation is 1. The van der Waals surface area contributed by atoms with Crippen molar-refractivity contribution in [2.24, 2.45) is 5.73 Å². The predicted octanol–water partition coefficient (Wildman–Crippen LogP) is 2.89. The maximum absolute atomic E-state index is 5.60. The van der Waals surface area contributed by atoms with E-state index in [9.17, 15) is 0 Å². The molecule has 2 N–H and O–H groups in total. The minimum absolute atomic E-state index is 0.399. The van der Waals surface area contributed by atoms with E-state index < -0.39 is 0 Å². The molecule has 0 radical (unpaired) electrons. The van der Waals surface area contributed by atoms with Crippen molar-refractivity contribution in [2.45, 2.75) is 13.8 Å². The van der Waals surface area contributed by atoms with E-state index in [1.54, 1.807) is 0 Å². The Morgan fingerprint density at radius 2 is 2.12 bits per heavy atom. The topological polar surface area (TPSA) is 43.8 Å². The summed E-state index contributed by atoms with van der Waals surface area (Å²) in [5, 5.41) is 0. The van der Waals surface area contributed by atoms with E-state index in [0.717, 1.165) is 27.1 Å². The Kier molecular flexibility index (Phi) is 3.31. The van der Waals surface area contributed by atoms with Gasteiger partial charge in [-0.25, -0.2) is 4.98 Å². The standard InChI is InChI=1S/C12H12BrN3S/c1-7-8(2)16(6-15-7)11-4-3-9(12(14)17)5-10(11)13/h3-6H,1-2H3,(H2,14,17). The van der Waals surface area contributed by atoms with Crippen LogP contribution in [0.5, 0.6) is 0 Å². The number of hydrogen-bond acceptors (Lipinski definition) is 2. The number of nitrogens with zero attached hydrogens (tertiary/aromatic N) is 2. The van der Waals surface area contributed by atoms with E-state index in [-0.39, 0.29) is 0 Å². The number of rotatable bonds is 2. The first kappa shape index (κ1) is 12.3. The van der Waals surface area contributed by atoms with Crippen LogP contribution in [0.1, 0.15) is 17.0 Å². The summed E-state index contributed by atoms with van der Waals surface area (Å²) in [6.45, 7) is 4.03. The summed E-state index contributed by atoms with van der Waals surface area (Å²) in [5.74, 6) is 0. The van der Waals surface area contributed by atoms with Crippen molar-refractivity contribution >= 4 is 33.1 Å². The monoisotopic (exact) mass is 309 g/mol. The number of nitrogens with two attached hydrogens (primary N) is 1. The number of hydrogen-bond donors (Lipinski definition) is 1. The molecule has 0 aliphatic rings. The van der Waals surface area contributed by atoms with E-state index in [4.69, 9.17) is 18.0 Å². The van der Waals surface area contributed by atoms with Gasteiger partial charge in [-0.1, -0.05) is 12.2 Å². The first-order valence-electron chi connectivity index (χ1n) is 5.11. The van der Waals surface area contributed by atoms with Crippen molar-refractivity contribution < 1.29 is 0 Å². The molecule has 1 aromatic heterocycles. The molecule has 3 nitrogen and oxygen atoms in total. The Balaban J connectivity index is 2.54.